The second kappa shape index (κ2) is 4.19. The molecule has 0 aromatic heterocycles. The minimum absolute atomic E-state index is 0.136. The van der Waals surface area contributed by atoms with E-state index >= 15 is 0 Å². The number of hydrogen-bond acceptors (Lipinski definition) is 3. The van der Waals surface area contributed by atoms with Gasteiger partial charge in [-0.15, -0.1) is 11.8 Å². The van der Waals surface area contributed by atoms with Gasteiger partial charge in [0.2, 0.25) is 5.91 Å². The molecule has 0 bridgehead atoms. The summed E-state index contributed by atoms with van der Waals surface area (Å²) in [5.74, 6) is 1.23. The summed E-state index contributed by atoms with van der Waals surface area (Å²) in [5.41, 5.74) is 0. The van der Waals surface area contributed by atoms with E-state index in [2.05, 4.69) is 5.32 Å². The van der Waals surface area contributed by atoms with Gasteiger partial charge in [-0.05, 0) is 43.3 Å². The predicted octanol–water partition coefficient (Wildman–Crippen LogP) is 1.11. The smallest absolute Gasteiger partial charge is 0.306 e. The van der Waals surface area contributed by atoms with E-state index < -0.39 is 5.97 Å². The fourth-order valence-electron chi connectivity index (χ4n) is 2.89. The van der Waals surface area contributed by atoms with E-state index in [9.17, 15) is 9.59 Å². The van der Waals surface area contributed by atoms with Gasteiger partial charge in [0.15, 0.2) is 0 Å². The molecular weight excluding hydrogens is 238 g/mol. The molecule has 3 rings (SSSR count). The van der Waals surface area contributed by atoms with E-state index in [1.165, 1.54) is 0 Å². The van der Waals surface area contributed by atoms with Gasteiger partial charge in [0.05, 0.1) is 11.2 Å². The van der Waals surface area contributed by atoms with Gasteiger partial charge in [-0.2, -0.15) is 0 Å². The first-order valence-electron chi connectivity index (χ1n) is 6.31. The lowest BCUT2D eigenvalue weighted by molar-refractivity contribution is -0.138. The first-order valence-corrected chi connectivity index (χ1v) is 7.36. The molecule has 0 spiro atoms. The lowest BCUT2D eigenvalue weighted by Crippen LogP contribution is -2.34. The number of carboxylic acid groups (broad SMARTS) is 1. The van der Waals surface area contributed by atoms with Gasteiger partial charge in [0, 0.05) is 6.04 Å². The van der Waals surface area contributed by atoms with Crippen LogP contribution in [-0.4, -0.2) is 34.0 Å². The fourth-order valence-corrected chi connectivity index (χ4v) is 4.06. The Morgan fingerprint density at radius 2 is 2.06 bits per heavy atom. The second-order valence-corrected chi connectivity index (χ2v) is 6.67. The average Bonchev–Trinajstić information content (AvgIpc) is 3.15. The molecule has 3 aliphatic rings. The highest BCUT2D eigenvalue weighted by Gasteiger charge is 2.57. The third-order valence-corrected chi connectivity index (χ3v) is 5.47. The number of carbonyl (C=O) groups excluding carboxylic acids is 1. The van der Waals surface area contributed by atoms with Crippen molar-refractivity contribution in [3.8, 4) is 0 Å². The minimum Gasteiger partial charge on any atom is -0.481 e. The number of aliphatic carboxylic acids is 1. The molecule has 94 valence electrons. The van der Waals surface area contributed by atoms with Crippen molar-refractivity contribution in [2.24, 2.45) is 17.8 Å². The van der Waals surface area contributed by atoms with Crippen LogP contribution in [0.1, 0.15) is 25.7 Å². The molecule has 2 N–H and O–H groups in total. The number of thioether (sulfide) groups is 1. The van der Waals surface area contributed by atoms with Crippen LogP contribution in [0.3, 0.4) is 0 Å². The van der Waals surface area contributed by atoms with E-state index in [1.54, 1.807) is 11.8 Å². The number of hydrogen-bond donors (Lipinski definition) is 2. The molecule has 2 aliphatic carbocycles. The Morgan fingerprint density at radius 3 is 2.65 bits per heavy atom. The van der Waals surface area contributed by atoms with E-state index in [4.69, 9.17) is 5.11 Å². The normalized spacial score (nSPS) is 43.2. The Balaban J connectivity index is 1.43. The Morgan fingerprint density at radius 1 is 1.24 bits per heavy atom. The monoisotopic (exact) mass is 255 g/mol. The number of rotatable bonds is 4. The van der Waals surface area contributed by atoms with Crippen molar-refractivity contribution in [3.05, 3.63) is 0 Å². The van der Waals surface area contributed by atoms with E-state index in [0.29, 0.717) is 11.8 Å². The molecule has 0 aromatic rings. The second-order valence-electron chi connectivity index (χ2n) is 5.36. The Labute approximate surface area is 105 Å². The van der Waals surface area contributed by atoms with Crippen molar-refractivity contribution >= 4 is 23.6 Å². The number of carbonyl (C=O) groups is 2. The summed E-state index contributed by atoms with van der Waals surface area (Å²) in [7, 11) is 0. The third-order valence-electron chi connectivity index (χ3n) is 4.10. The molecule has 1 unspecified atom stereocenters. The average molecular weight is 255 g/mol. The van der Waals surface area contributed by atoms with Crippen molar-refractivity contribution in [2.45, 2.75) is 37.0 Å². The van der Waals surface area contributed by atoms with Gasteiger partial charge in [-0.3, -0.25) is 9.59 Å². The maximum absolute atomic E-state index is 11.9. The van der Waals surface area contributed by atoms with E-state index in [1.807, 2.05) is 0 Å². The zero-order chi connectivity index (χ0) is 12.0. The van der Waals surface area contributed by atoms with Crippen LogP contribution in [0.4, 0.5) is 0 Å². The maximum Gasteiger partial charge on any atom is 0.306 e. The fraction of sp³-hybridized carbons (Fsp3) is 0.833. The van der Waals surface area contributed by atoms with Crippen LogP contribution in [0, 0.1) is 17.8 Å². The lowest BCUT2D eigenvalue weighted by Gasteiger charge is -2.09. The summed E-state index contributed by atoms with van der Waals surface area (Å²) in [6.45, 7) is 0. The highest BCUT2D eigenvalue weighted by Crippen LogP contribution is 2.54. The molecule has 2 saturated carbocycles. The highest BCUT2D eigenvalue weighted by molar-refractivity contribution is 8.00. The van der Waals surface area contributed by atoms with Crippen molar-refractivity contribution in [1.29, 1.82) is 0 Å². The molecule has 0 radical (unpaired) electrons. The lowest BCUT2D eigenvalue weighted by atomic mass is 10.2. The van der Waals surface area contributed by atoms with Gasteiger partial charge >= 0.3 is 5.97 Å². The zero-order valence-electron chi connectivity index (χ0n) is 9.59. The third kappa shape index (κ3) is 2.30. The van der Waals surface area contributed by atoms with Gasteiger partial charge in [0.25, 0.3) is 0 Å². The maximum atomic E-state index is 11.9. The summed E-state index contributed by atoms with van der Waals surface area (Å²) in [6.07, 6.45) is 3.93. The SMILES string of the molecule is O=C(N[C@H]1C[C@H]1[C@H]1C[C@H]1C(=O)O)C1CCCS1. The van der Waals surface area contributed by atoms with Crippen LogP contribution < -0.4 is 5.32 Å². The molecule has 0 aromatic carbocycles. The Bertz CT molecular complexity index is 354. The van der Waals surface area contributed by atoms with Crippen LogP contribution in [0.5, 0.6) is 0 Å². The van der Waals surface area contributed by atoms with Gasteiger partial charge < -0.3 is 10.4 Å². The quantitative estimate of drug-likeness (QED) is 0.789. The molecule has 1 amide bonds. The topological polar surface area (TPSA) is 66.4 Å². The van der Waals surface area contributed by atoms with Crippen molar-refractivity contribution < 1.29 is 14.7 Å². The molecule has 1 heterocycles. The zero-order valence-corrected chi connectivity index (χ0v) is 10.4. The highest BCUT2D eigenvalue weighted by atomic mass is 32.2. The van der Waals surface area contributed by atoms with Crippen molar-refractivity contribution in [2.75, 3.05) is 5.75 Å². The molecule has 3 fully saturated rings. The molecular formula is C12H17NO3S. The summed E-state index contributed by atoms with van der Waals surface area (Å²) in [4.78, 5) is 22.6. The first-order chi connectivity index (χ1) is 8.16. The van der Waals surface area contributed by atoms with Crippen LogP contribution in [0.2, 0.25) is 0 Å². The molecule has 5 heteroatoms. The van der Waals surface area contributed by atoms with Gasteiger partial charge in [-0.1, -0.05) is 0 Å². The van der Waals surface area contributed by atoms with Gasteiger partial charge in [-0.25, -0.2) is 0 Å². The molecule has 1 saturated heterocycles. The number of nitrogens with one attached hydrogen (secondary N) is 1. The van der Waals surface area contributed by atoms with Crippen molar-refractivity contribution in [1.82, 2.24) is 5.32 Å². The summed E-state index contributed by atoms with van der Waals surface area (Å²) in [5, 5.41) is 12.1. The molecule has 17 heavy (non-hydrogen) atoms. The molecule has 1 aliphatic heterocycles. The van der Waals surface area contributed by atoms with Crippen LogP contribution in [-0.2, 0) is 9.59 Å². The summed E-state index contributed by atoms with van der Waals surface area (Å²) in [6, 6.07) is 0.262. The molecule has 4 nitrogen and oxygen atoms in total. The van der Waals surface area contributed by atoms with Gasteiger partial charge in [0.1, 0.15) is 0 Å². The predicted molar refractivity (Wildman–Crippen MR) is 64.8 cm³/mol. The molecule has 5 atom stereocenters. The Kier molecular flexibility index (Phi) is 2.81. The minimum atomic E-state index is -0.668. The Hall–Kier alpha value is -0.710. The number of carboxylic acids is 1. The first kappa shape index (κ1) is 11.4. The van der Waals surface area contributed by atoms with Crippen LogP contribution >= 0.6 is 11.8 Å². The summed E-state index contributed by atoms with van der Waals surface area (Å²) < 4.78 is 0. The van der Waals surface area contributed by atoms with Crippen LogP contribution in [0.15, 0.2) is 0 Å². The standard InChI is InChI=1S/C12H17NO3S/c14-11(10-2-1-3-17-10)13-9-5-7(9)6-4-8(6)12(15)16/h6-10H,1-5H2,(H,13,14)(H,15,16)/t6-,7+,8-,9+,10?/m1/s1. The van der Waals surface area contributed by atoms with Crippen LogP contribution in [0.25, 0.3) is 0 Å². The summed E-state index contributed by atoms with van der Waals surface area (Å²) >= 11 is 1.74. The van der Waals surface area contributed by atoms with Crippen molar-refractivity contribution in [3.63, 3.8) is 0 Å². The van der Waals surface area contributed by atoms with E-state index in [0.717, 1.165) is 31.4 Å². The van der Waals surface area contributed by atoms with E-state index in [-0.39, 0.29) is 23.1 Å². The largest absolute Gasteiger partial charge is 0.481 e. The number of amides is 1.